The first-order valence-corrected chi connectivity index (χ1v) is 9.19. The molecule has 21 heavy (non-hydrogen) atoms. The lowest BCUT2D eigenvalue weighted by atomic mass is 10.0. The highest BCUT2D eigenvalue weighted by Gasteiger charge is 2.19. The summed E-state index contributed by atoms with van der Waals surface area (Å²) < 4.78 is 17.8. The van der Waals surface area contributed by atoms with Crippen LogP contribution in [0.25, 0.3) is 0 Å². The van der Waals surface area contributed by atoms with E-state index in [1.165, 1.54) is 5.56 Å². The molecule has 0 spiro atoms. The van der Waals surface area contributed by atoms with Gasteiger partial charge >= 0.3 is 0 Å². The van der Waals surface area contributed by atoms with Crippen LogP contribution in [0.3, 0.4) is 0 Å². The first-order chi connectivity index (χ1) is 9.97. The van der Waals surface area contributed by atoms with Gasteiger partial charge in [0.15, 0.2) is 0 Å². The SMILES string of the molecule is CCCNC(CS(=O)CC(C)C)c1cc(C)ccc1OC. The number of benzene rings is 1. The Morgan fingerprint density at radius 2 is 2.00 bits per heavy atom. The second-order valence-corrected chi connectivity index (χ2v) is 7.47. The summed E-state index contributed by atoms with van der Waals surface area (Å²) in [5, 5.41) is 3.52. The maximum absolute atomic E-state index is 12.3. The molecule has 0 saturated heterocycles. The van der Waals surface area contributed by atoms with Crippen LogP contribution in [0.4, 0.5) is 0 Å². The van der Waals surface area contributed by atoms with Crippen molar-refractivity contribution in [3.8, 4) is 5.75 Å². The van der Waals surface area contributed by atoms with Crippen molar-refractivity contribution in [1.29, 1.82) is 0 Å². The van der Waals surface area contributed by atoms with E-state index in [0.717, 1.165) is 30.0 Å². The van der Waals surface area contributed by atoms with Crippen molar-refractivity contribution in [3.63, 3.8) is 0 Å². The lowest BCUT2D eigenvalue weighted by Gasteiger charge is -2.22. The summed E-state index contributed by atoms with van der Waals surface area (Å²) in [6.07, 6.45) is 1.06. The third-order valence-electron chi connectivity index (χ3n) is 3.27. The van der Waals surface area contributed by atoms with Gasteiger partial charge in [-0.1, -0.05) is 38.5 Å². The Labute approximate surface area is 131 Å². The monoisotopic (exact) mass is 311 g/mol. The number of hydrogen-bond donors (Lipinski definition) is 1. The van der Waals surface area contributed by atoms with E-state index in [9.17, 15) is 4.21 Å². The average Bonchev–Trinajstić information content (AvgIpc) is 2.42. The molecule has 0 saturated carbocycles. The first kappa shape index (κ1) is 18.2. The van der Waals surface area contributed by atoms with Crippen molar-refractivity contribution in [3.05, 3.63) is 29.3 Å². The molecule has 1 N–H and O–H groups in total. The molecule has 0 aliphatic heterocycles. The second-order valence-electron chi connectivity index (χ2n) is 5.92. The van der Waals surface area contributed by atoms with Gasteiger partial charge in [0.05, 0.1) is 7.11 Å². The summed E-state index contributed by atoms with van der Waals surface area (Å²) in [6.45, 7) is 9.35. The quantitative estimate of drug-likeness (QED) is 0.759. The van der Waals surface area contributed by atoms with E-state index < -0.39 is 10.8 Å². The predicted molar refractivity (Wildman–Crippen MR) is 91.5 cm³/mol. The molecule has 0 aliphatic carbocycles. The fourth-order valence-electron chi connectivity index (χ4n) is 2.33. The van der Waals surface area contributed by atoms with Gasteiger partial charge in [-0.05, 0) is 31.9 Å². The molecule has 1 rings (SSSR count). The van der Waals surface area contributed by atoms with Crippen LogP contribution in [0.1, 0.15) is 44.4 Å². The van der Waals surface area contributed by atoms with Crippen LogP contribution < -0.4 is 10.1 Å². The molecule has 0 fully saturated rings. The molecule has 0 heterocycles. The molecule has 2 atom stereocenters. The average molecular weight is 311 g/mol. The summed E-state index contributed by atoms with van der Waals surface area (Å²) >= 11 is 0. The zero-order valence-corrected chi connectivity index (χ0v) is 14.8. The lowest BCUT2D eigenvalue weighted by molar-refractivity contribution is 0.402. The van der Waals surface area contributed by atoms with Crippen molar-refractivity contribution in [2.45, 2.75) is 40.2 Å². The van der Waals surface area contributed by atoms with Gasteiger partial charge in [0.25, 0.3) is 0 Å². The first-order valence-electron chi connectivity index (χ1n) is 7.70. The lowest BCUT2D eigenvalue weighted by Crippen LogP contribution is -2.28. The summed E-state index contributed by atoms with van der Waals surface area (Å²) in [7, 11) is 0.872. The van der Waals surface area contributed by atoms with Gasteiger partial charge in [0.2, 0.25) is 0 Å². The van der Waals surface area contributed by atoms with E-state index in [2.05, 4.69) is 39.1 Å². The minimum absolute atomic E-state index is 0.0828. The van der Waals surface area contributed by atoms with Crippen LogP contribution in [0.5, 0.6) is 5.75 Å². The van der Waals surface area contributed by atoms with Gasteiger partial charge in [-0.25, -0.2) is 0 Å². The highest BCUT2D eigenvalue weighted by molar-refractivity contribution is 7.85. The Morgan fingerprint density at radius 3 is 2.57 bits per heavy atom. The molecule has 0 aromatic heterocycles. The number of hydrogen-bond acceptors (Lipinski definition) is 3. The van der Waals surface area contributed by atoms with Crippen molar-refractivity contribution in [2.75, 3.05) is 25.2 Å². The smallest absolute Gasteiger partial charge is 0.123 e. The highest BCUT2D eigenvalue weighted by Crippen LogP contribution is 2.27. The zero-order valence-electron chi connectivity index (χ0n) is 13.9. The molecule has 1 aromatic carbocycles. The highest BCUT2D eigenvalue weighted by atomic mass is 32.2. The zero-order chi connectivity index (χ0) is 15.8. The molecule has 3 nitrogen and oxygen atoms in total. The number of aryl methyl sites for hydroxylation is 1. The number of nitrogens with one attached hydrogen (secondary N) is 1. The van der Waals surface area contributed by atoms with E-state index in [0.29, 0.717) is 11.7 Å². The third kappa shape index (κ3) is 6.18. The van der Waals surface area contributed by atoms with Crippen LogP contribution in [-0.2, 0) is 10.8 Å². The fraction of sp³-hybridized carbons (Fsp3) is 0.647. The van der Waals surface area contributed by atoms with Crippen molar-refractivity contribution in [1.82, 2.24) is 5.32 Å². The largest absolute Gasteiger partial charge is 0.496 e. The minimum atomic E-state index is -0.819. The minimum Gasteiger partial charge on any atom is -0.496 e. The van der Waals surface area contributed by atoms with Gasteiger partial charge in [-0.15, -0.1) is 0 Å². The van der Waals surface area contributed by atoms with Gasteiger partial charge in [0.1, 0.15) is 5.75 Å². The van der Waals surface area contributed by atoms with Crippen LogP contribution in [-0.4, -0.2) is 29.4 Å². The van der Waals surface area contributed by atoms with Crippen molar-refractivity contribution < 1.29 is 8.95 Å². The molecule has 120 valence electrons. The molecule has 0 radical (unpaired) electrons. The van der Waals surface area contributed by atoms with Crippen molar-refractivity contribution >= 4 is 10.8 Å². The predicted octanol–water partition coefficient (Wildman–Crippen LogP) is 3.45. The molecule has 4 heteroatoms. The van der Waals surface area contributed by atoms with E-state index in [1.807, 2.05) is 12.1 Å². The van der Waals surface area contributed by atoms with E-state index in [1.54, 1.807) is 7.11 Å². The van der Waals surface area contributed by atoms with Crippen LogP contribution in [0.15, 0.2) is 18.2 Å². The van der Waals surface area contributed by atoms with Crippen LogP contribution in [0, 0.1) is 12.8 Å². The second kappa shape index (κ2) is 9.21. The fourth-order valence-corrected chi connectivity index (χ4v) is 3.88. The third-order valence-corrected chi connectivity index (χ3v) is 5.02. The number of rotatable bonds is 9. The van der Waals surface area contributed by atoms with E-state index >= 15 is 0 Å². The van der Waals surface area contributed by atoms with Crippen molar-refractivity contribution in [2.24, 2.45) is 5.92 Å². The van der Waals surface area contributed by atoms with Gasteiger partial charge in [-0.2, -0.15) is 0 Å². The molecule has 0 bridgehead atoms. The maximum atomic E-state index is 12.3. The topological polar surface area (TPSA) is 38.3 Å². The number of ether oxygens (including phenoxy) is 1. The molecule has 1 aromatic rings. The summed E-state index contributed by atoms with van der Waals surface area (Å²) in [6, 6.07) is 6.26. The summed E-state index contributed by atoms with van der Waals surface area (Å²) in [5.41, 5.74) is 2.31. The molecule has 0 aliphatic rings. The van der Waals surface area contributed by atoms with Gasteiger partial charge in [0, 0.05) is 33.9 Å². The Bertz CT molecular complexity index is 460. The standard InChI is InChI=1S/C17H29NO2S/c1-6-9-18-16(12-21(19)11-13(2)3)15-10-14(4)7-8-17(15)20-5/h7-8,10,13,16,18H,6,9,11-12H2,1-5H3. The van der Waals surface area contributed by atoms with Gasteiger partial charge < -0.3 is 10.1 Å². The molecular formula is C17H29NO2S. The van der Waals surface area contributed by atoms with E-state index in [-0.39, 0.29) is 6.04 Å². The Balaban J connectivity index is 2.95. The van der Waals surface area contributed by atoms with Crippen LogP contribution >= 0.6 is 0 Å². The Hall–Kier alpha value is -0.870. The Morgan fingerprint density at radius 1 is 1.29 bits per heavy atom. The summed E-state index contributed by atoms with van der Waals surface area (Å²) in [5.74, 6) is 2.71. The molecule has 0 amide bonds. The Kier molecular flexibility index (Phi) is 7.97. The number of methoxy groups -OCH3 is 1. The van der Waals surface area contributed by atoms with E-state index in [4.69, 9.17) is 4.74 Å². The van der Waals surface area contributed by atoms with Crippen LogP contribution in [0.2, 0.25) is 0 Å². The normalized spacial score (nSPS) is 14.2. The molecule has 2 unspecified atom stereocenters. The van der Waals surface area contributed by atoms with Gasteiger partial charge in [-0.3, -0.25) is 4.21 Å². The summed E-state index contributed by atoms with van der Waals surface area (Å²) in [4.78, 5) is 0. The maximum Gasteiger partial charge on any atom is 0.123 e. The molecular weight excluding hydrogens is 282 g/mol.